The van der Waals surface area contributed by atoms with Gasteiger partial charge in [0.2, 0.25) is 0 Å². The molecule has 1 N–H and O–H groups in total. The number of ether oxygens (including phenoxy) is 2. The summed E-state index contributed by atoms with van der Waals surface area (Å²) < 4.78 is 11.5. The Labute approximate surface area is 164 Å². The van der Waals surface area contributed by atoms with Gasteiger partial charge >= 0.3 is 6.09 Å². The van der Waals surface area contributed by atoms with Gasteiger partial charge in [0, 0.05) is 11.7 Å². The Morgan fingerprint density at radius 2 is 1.78 bits per heavy atom. The fourth-order valence-corrected chi connectivity index (χ4v) is 3.79. The normalized spacial score (nSPS) is 19.7. The fraction of sp³-hybridized carbons (Fsp3) is 0.682. The number of benzene rings is 1. The van der Waals surface area contributed by atoms with E-state index in [4.69, 9.17) is 9.47 Å². The molecule has 0 spiro atoms. The van der Waals surface area contributed by atoms with Crippen LogP contribution in [0, 0.1) is 0 Å². The number of unbranched alkanes of at least 4 members (excludes halogenated alkanes) is 2. The molecule has 0 unspecified atom stereocenters. The number of nitrogens with zero attached hydrogens (tertiary/aromatic N) is 1. The van der Waals surface area contributed by atoms with Gasteiger partial charge in [0.05, 0.1) is 6.61 Å². The van der Waals surface area contributed by atoms with Gasteiger partial charge in [-0.2, -0.15) is 0 Å². The monoisotopic (exact) mass is 376 g/mol. The highest BCUT2D eigenvalue weighted by Gasteiger charge is 2.31. The largest absolute Gasteiger partial charge is 0.494 e. The Morgan fingerprint density at radius 1 is 1.07 bits per heavy atom. The van der Waals surface area contributed by atoms with Crippen LogP contribution in [-0.4, -0.2) is 42.8 Å². The number of carbonyl (C=O) groups is 1. The minimum atomic E-state index is -0.365. The highest BCUT2D eigenvalue weighted by Crippen LogP contribution is 2.26. The first kappa shape index (κ1) is 21.5. The Bertz CT molecular complexity index is 543. The number of likely N-dealkylation sites (N-methyl/N-ethyl adjacent to an activating group) is 1. The van der Waals surface area contributed by atoms with Crippen molar-refractivity contribution in [2.24, 2.45) is 0 Å². The van der Waals surface area contributed by atoms with E-state index >= 15 is 0 Å². The van der Waals surface area contributed by atoms with Crippen LogP contribution in [0.3, 0.4) is 0 Å². The Hall–Kier alpha value is -1.75. The van der Waals surface area contributed by atoms with Crippen molar-refractivity contribution in [3.8, 4) is 5.75 Å². The van der Waals surface area contributed by atoms with E-state index in [9.17, 15) is 4.79 Å². The summed E-state index contributed by atoms with van der Waals surface area (Å²) in [4.78, 5) is 14.8. The molecular formula is C22H36N2O3. The van der Waals surface area contributed by atoms with E-state index in [1.54, 1.807) is 0 Å². The van der Waals surface area contributed by atoms with Crippen molar-refractivity contribution >= 4 is 11.8 Å². The molecule has 27 heavy (non-hydrogen) atoms. The maximum atomic E-state index is 12.4. The van der Waals surface area contributed by atoms with Crippen LogP contribution < -0.4 is 10.1 Å². The maximum Gasteiger partial charge on any atom is 0.411 e. The van der Waals surface area contributed by atoms with Crippen molar-refractivity contribution in [2.75, 3.05) is 25.0 Å². The molecule has 0 radical (unpaired) electrons. The van der Waals surface area contributed by atoms with Gasteiger partial charge < -0.3 is 9.47 Å². The van der Waals surface area contributed by atoms with E-state index in [0.717, 1.165) is 56.8 Å². The van der Waals surface area contributed by atoms with Crippen molar-refractivity contribution < 1.29 is 14.3 Å². The van der Waals surface area contributed by atoms with E-state index in [-0.39, 0.29) is 12.2 Å². The van der Waals surface area contributed by atoms with Crippen molar-refractivity contribution in [2.45, 2.75) is 77.9 Å². The second-order valence-electron chi connectivity index (χ2n) is 7.22. The lowest BCUT2D eigenvalue weighted by molar-refractivity contribution is 0.0125. The molecule has 152 valence electrons. The zero-order valence-corrected chi connectivity index (χ0v) is 17.2. The molecule has 0 saturated heterocycles. The standard InChI is InChI=1S/C22H36N2O3/c1-4-7-10-17-26-19-15-13-18(14-16-19)23-22(25)27-21-12-9-8-11-20(21)24(5-2)6-3/h13-16,20-21H,4-12,17H2,1-3H3,(H,23,25)/t20-,21-/m0/s1. The van der Waals surface area contributed by atoms with Crippen molar-refractivity contribution in [1.29, 1.82) is 0 Å². The van der Waals surface area contributed by atoms with Crippen molar-refractivity contribution in [3.63, 3.8) is 0 Å². The summed E-state index contributed by atoms with van der Waals surface area (Å²) in [7, 11) is 0. The van der Waals surface area contributed by atoms with Crippen LogP contribution in [0.4, 0.5) is 10.5 Å². The molecule has 1 aliphatic rings. The Morgan fingerprint density at radius 3 is 2.44 bits per heavy atom. The smallest absolute Gasteiger partial charge is 0.411 e. The minimum Gasteiger partial charge on any atom is -0.494 e. The van der Waals surface area contributed by atoms with Crippen LogP contribution in [0.1, 0.15) is 65.7 Å². The van der Waals surface area contributed by atoms with Crippen LogP contribution in [0.5, 0.6) is 5.75 Å². The number of rotatable bonds is 10. The first-order valence-corrected chi connectivity index (χ1v) is 10.6. The SMILES string of the molecule is CCCCCOc1ccc(NC(=O)O[C@H]2CCCC[C@@H]2N(CC)CC)cc1. The number of nitrogens with one attached hydrogen (secondary N) is 1. The minimum absolute atomic E-state index is 0.0279. The molecule has 0 heterocycles. The topological polar surface area (TPSA) is 50.8 Å². The van der Waals surface area contributed by atoms with E-state index < -0.39 is 0 Å². The van der Waals surface area contributed by atoms with E-state index in [2.05, 4.69) is 31.0 Å². The van der Waals surface area contributed by atoms with Crippen LogP contribution in [-0.2, 0) is 4.74 Å². The summed E-state index contributed by atoms with van der Waals surface area (Å²) >= 11 is 0. The number of anilines is 1. The molecule has 5 nitrogen and oxygen atoms in total. The highest BCUT2D eigenvalue weighted by molar-refractivity contribution is 5.84. The molecule has 1 fully saturated rings. The third kappa shape index (κ3) is 7.06. The Balaban J connectivity index is 1.83. The summed E-state index contributed by atoms with van der Waals surface area (Å²) in [5.41, 5.74) is 0.733. The highest BCUT2D eigenvalue weighted by atomic mass is 16.6. The third-order valence-electron chi connectivity index (χ3n) is 5.32. The number of amides is 1. The van der Waals surface area contributed by atoms with Crippen LogP contribution >= 0.6 is 0 Å². The van der Waals surface area contributed by atoms with E-state index in [0.29, 0.717) is 6.04 Å². The first-order valence-electron chi connectivity index (χ1n) is 10.6. The number of hydrogen-bond acceptors (Lipinski definition) is 4. The van der Waals surface area contributed by atoms with Gasteiger partial charge in [-0.1, -0.05) is 40.0 Å². The average Bonchev–Trinajstić information content (AvgIpc) is 2.69. The second kappa shape index (κ2) is 11.9. The quantitative estimate of drug-likeness (QED) is 0.551. The molecule has 1 aromatic rings. The number of hydrogen-bond donors (Lipinski definition) is 1. The van der Waals surface area contributed by atoms with Crippen molar-refractivity contribution in [3.05, 3.63) is 24.3 Å². The van der Waals surface area contributed by atoms with Gasteiger partial charge in [0.25, 0.3) is 0 Å². The first-order chi connectivity index (χ1) is 13.2. The molecule has 2 atom stereocenters. The fourth-order valence-electron chi connectivity index (χ4n) is 3.79. The molecular weight excluding hydrogens is 340 g/mol. The molecule has 0 aliphatic heterocycles. The molecule has 2 rings (SSSR count). The van der Waals surface area contributed by atoms with Crippen LogP contribution in [0.15, 0.2) is 24.3 Å². The van der Waals surface area contributed by atoms with E-state index in [1.807, 2.05) is 24.3 Å². The molecule has 1 amide bonds. The maximum absolute atomic E-state index is 12.4. The molecule has 5 heteroatoms. The lowest BCUT2D eigenvalue weighted by Gasteiger charge is -2.38. The molecule has 0 aromatic heterocycles. The number of carbonyl (C=O) groups excluding carboxylic acids is 1. The predicted octanol–water partition coefficient (Wildman–Crippen LogP) is 5.46. The predicted molar refractivity (Wildman–Crippen MR) is 111 cm³/mol. The van der Waals surface area contributed by atoms with E-state index in [1.165, 1.54) is 19.3 Å². The summed E-state index contributed by atoms with van der Waals surface area (Å²) in [6.07, 6.45) is 7.42. The van der Waals surface area contributed by atoms with Gasteiger partial charge in [0.15, 0.2) is 0 Å². The van der Waals surface area contributed by atoms with Gasteiger partial charge in [-0.25, -0.2) is 4.79 Å². The zero-order chi connectivity index (χ0) is 19.5. The van der Waals surface area contributed by atoms with Crippen LogP contribution in [0.2, 0.25) is 0 Å². The summed E-state index contributed by atoms with van der Waals surface area (Å²) in [5.74, 6) is 0.832. The average molecular weight is 377 g/mol. The van der Waals surface area contributed by atoms with Crippen molar-refractivity contribution in [1.82, 2.24) is 4.90 Å². The summed E-state index contributed by atoms with van der Waals surface area (Å²) in [6.45, 7) is 9.22. The summed E-state index contributed by atoms with van der Waals surface area (Å²) in [5, 5.41) is 2.85. The van der Waals surface area contributed by atoms with Crippen LogP contribution in [0.25, 0.3) is 0 Å². The van der Waals surface area contributed by atoms with Gasteiger partial charge in [0.1, 0.15) is 11.9 Å². The van der Waals surface area contributed by atoms with Gasteiger partial charge in [-0.15, -0.1) is 0 Å². The zero-order valence-electron chi connectivity index (χ0n) is 17.2. The Kier molecular flexibility index (Phi) is 9.46. The lowest BCUT2D eigenvalue weighted by atomic mass is 9.91. The molecule has 1 aromatic carbocycles. The van der Waals surface area contributed by atoms with Gasteiger partial charge in [-0.05, 0) is 63.0 Å². The summed E-state index contributed by atoms with van der Waals surface area (Å²) in [6, 6.07) is 7.83. The molecule has 1 aliphatic carbocycles. The molecule has 1 saturated carbocycles. The lowest BCUT2D eigenvalue weighted by Crippen LogP contribution is -2.47. The van der Waals surface area contributed by atoms with Gasteiger partial charge in [-0.3, -0.25) is 10.2 Å². The second-order valence-corrected chi connectivity index (χ2v) is 7.22. The third-order valence-corrected chi connectivity index (χ3v) is 5.32. The molecule has 0 bridgehead atoms.